The Morgan fingerprint density at radius 2 is 1.81 bits per heavy atom. The van der Waals surface area contributed by atoms with Gasteiger partial charge in [-0.1, -0.05) is 47.6 Å². The van der Waals surface area contributed by atoms with Gasteiger partial charge in [-0.05, 0) is 35.4 Å². The van der Waals surface area contributed by atoms with Crippen molar-refractivity contribution in [2.75, 3.05) is 32.1 Å². The number of thioether (sulfide) groups is 1. The Bertz CT molecular complexity index is 1050. The van der Waals surface area contributed by atoms with E-state index in [0.717, 1.165) is 49.8 Å². The van der Waals surface area contributed by atoms with E-state index in [2.05, 4.69) is 32.5 Å². The van der Waals surface area contributed by atoms with E-state index in [4.69, 9.17) is 16.3 Å². The van der Waals surface area contributed by atoms with Crippen molar-refractivity contribution in [3.8, 4) is 11.4 Å². The largest absolute Gasteiger partial charge is 0.379 e. The molecule has 0 radical (unpaired) electrons. The average Bonchev–Trinajstić information content (AvgIpc) is 3.18. The number of nitrogens with zero attached hydrogens (tertiary/aromatic N) is 4. The van der Waals surface area contributed by atoms with Crippen LogP contribution < -0.4 is 5.32 Å². The molecule has 1 aromatic heterocycles. The van der Waals surface area contributed by atoms with Gasteiger partial charge in [-0.25, -0.2) is 0 Å². The molecule has 1 N–H and O–H groups in total. The first-order chi connectivity index (χ1) is 15.6. The molecule has 9 heteroatoms. The molecule has 1 amide bonds. The van der Waals surface area contributed by atoms with Crippen LogP contribution in [0.25, 0.3) is 11.4 Å². The maximum atomic E-state index is 12.5. The number of benzene rings is 2. The zero-order valence-electron chi connectivity index (χ0n) is 18.0. The van der Waals surface area contributed by atoms with Gasteiger partial charge in [0.1, 0.15) is 0 Å². The molecule has 0 saturated carbocycles. The minimum Gasteiger partial charge on any atom is -0.379 e. The lowest BCUT2D eigenvalue weighted by Gasteiger charge is -2.27. The lowest BCUT2D eigenvalue weighted by molar-refractivity contribution is -0.118. The van der Waals surface area contributed by atoms with Crippen molar-refractivity contribution in [2.24, 2.45) is 7.05 Å². The number of carbonyl (C=O) groups excluding carboxylic acids is 1. The highest BCUT2D eigenvalue weighted by molar-refractivity contribution is 7.99. The van der Waals surface area contributed by atoms with Gasteiger partial charge in [0.05, 0.1) is 19.0 Å². The first-order valence-electron chi connectivity index (χ1n) is 10.5. The number of rotatable bonds is 8. The molecule has 7 nitrogen and oxygen atoms in total. The van der Waals surface area contributed by atoms with Crippen molar-refractivity contribution in [1.29, 1.82) is 0 Å². The third-order valence-electron chi connectivity index (χ3n) is 5.36. The monoisotopic (exact) mass is 471 g/mol. The maximum Gasteiger partial charge on any atom is 0.230 e. The van der Waals surface area contributed by atoms with Crippen LogP contribution in [0.1, 0.15) is 11.1 Å². The second-order valence-corrected chi connectivity index (χ2v) is 8.97. The molecule has 2 aromatic carbocycles. The average molecular weight is 472 g/mol. The highest BCUT2D eigenvalue weighted by atomic mass is 35.5. The first-order valence-corrected chi connectivity index (χ1v) is 11.9. The van der Waals surface area contributed by atoms with Crippen LogP contribution in [0.2, 0.25) is 5.02 Å². The van der Waals surface area contributed by atoms with Crippen molar-refractivity contribution in [1.82, 2.24) is 25.0 Å². The van der Waals surface area contributed by atoms with E-state index in [1.54, 1.807) is 0 Å². The number of nitrogens with one attached hydrogen (secondary N) is 1. The van der Waals surface area contributed by atoms with Gasteiger partial charge < -0.3 is 14.6 Å². The predicted molar refractivity (Wildman–Crippen MR) is 127 cm³/mol. The van der Waals surface area contributed by atoms with E-state index in [-0.39, 0.29) is 11.7 Å². The summed E-state index contributed by atoms with van der Waals surface area (Å²) in [5.41, 5.74) is 3.31. The van der Waals surface area contributed by atoms with Gasteiger partial charge in [0.15, 0.2) is 11.0 Å². The van der Waals surface area contributed by atoms with E-state index in [1.165, 1.54) is 17.3 Å². The summed E-state index contributed by atoms with van der Waals surface area (Å²) in [5.74, 6) is 0.979. The molecule has 2 heterocycles. The molecule has 3 aromatic rings. The molecule has 1 aliphatic heterocycles. The van der Waals surface area contributed by atoms with E-state index in [0.29, 0.717) is 16.7 Å². The number of carbonyl (C=O) groups is 1. The van der Waals surface area contributed by atoms with Gasteiger partial charge in [0, 0.05) is 43.8 Å². The molecule has 0 aliphatic carbocycles. The van der Waals surface area contributed by atoms with Gasteiger partial charge in [0.2, 0.25) is 5.91 Å². The predicted octanol–water partition coefficient (Wildman–Crippen LogP) is 3.38. The van der Waals surface area contributed by atoms with Crippen molar-refractivity contribution >= 4 is 29.3 Å². The number of hydrogen-bond acceptors (Lipinski definition) is 6. The van der Waals surface area contributed by atoms with Crippen LogP contribution in [-0.2, 0) is 29.7 Å². The summed E-state index contributed by atoms with van der Waals surface area (Å²) < 4.78 is 7.32. The van der Waals surface area contributed by atoms with E-state index in [1.807, 2.05) is 48.0 Å². The van der Waals surface area contributed by atoms with Crippen molar-refractivity contribution in [3.05, 3.63) is 64.7 Å². The zero-order chi connectivity index (χ0) is 22.3. The summed E-state index contributed by atoms with van der Waals surface area (Å²) in [7, 11) is 1.89. The van der Waals surface area contributed by atoms with Crippen LogP contribution in [0.3, 0.4) is 0 Å². The fraction of sp³-hybridized carbons (Fsp3) is 0.348. The molecule has 1 aliphatic rings. The SMILES string of the molecule is Cn1c(SCC(=O)NCc2ccccc2CN2CCOCC2)nnc1-c1ccc(Cl)cc1. The van der Waals surface area contributed by atoms with Crippen LogP contribution in [-0.4, -0.2) is 57.6 Å². The van der Waals surface area contributed by atoms with Crippen LogP contribution in [0, 0.1) is 0 Å². The lowest BCUT2D eigenvalue weighted by atomic mass is 10.1. The normalized spacial score (nSPS) is 14.4. The third kappa shape index (κ3) is 5.89. The summed E-state index contributed by atoms with van der Waals surface area (Å²) in [5, 5.41) is 12.9. The van der Waals surface area contributed by atoms with Crippen LogP contribution >= 0.6 is 23.4 Å². The fourth-order valence-corrected chi connectivity index (χ4v) is 4.42. The highest BCUT2D eigenvalue weighted by Gasteiger charge is 2.15. The molecule has 1 saturated heterocycles. The zero-order valence-corrected chi connectivity index (χ0v) is 19.5. The molecule has 0 bridgehead atoms. The fourth-order valence-electron chi connectivity index (χ4n) is 3.55. The number of ether oxygens (including phenoxy) is 1. The van der Waals surface area contributed by atoms with Crippen LogP contribution in [0.15, 0.2) is 53.7 Å². The number of hydrogen-bond donors (Lipinski definition) is 1. The molecule has 0 atom stereocenters. The first kappa shape index (κ1) is 22.8. The highest BCUT2D eigenvalue weighted by Crippen LogP contribution is 2.23. The molecular weight excluding hydrogens is 446 g/mol. The summed E-state index contributed by atoms with van der Waals surface area (Å²) in [6, 6.07) is 15.7. The molecule has 4 rings (SSSR count). The van der Waals surface area contributed by atoms with E-state index >= 15 is 0 Å². The van der Waals surface area contributed by atoms with Crippen molar-refractivity contribution in [2.45, 2.75) is 18.2 Å². The Labute approximate surface area is 197 Å². The second-order valence-electron chi connectivity index (χ2n) is 7.59. The second kappa shape index (κ2) is 11.0. The maximum absolute atomic E-state index is 12.5. The Morgan fingerprint density at radius 3 is 2.56 bits per heavy atom. The van der Waals surface area contributed by atoms with E-state index < -0.39 is 0 Å². The standard InChI is InChI=1S/C23H26ClN5O2S/c1-28-22(17-6-8-20(24)9-7-17)26-27-23(28)32-16-21(30)25-14-18-4-2-3-5-19(18)15-29-10-12-31-13-11-29/h2-9H,10-16H2,1H3,(H,25,30). The molecular formula is C23H26ClN5O2S. The van der Waals surface area contributed by atoms with E-state index in [9.17, 15) is 4.79 Å². The third-order valence-corrected chi connectivity index (χ3v) is 6.63. The Morgan fingerprint density at radius 1 is 1.09 bits per heavy atom. The minimum absolute atomic E-state index is 0.0350. The number of amides is 1. The lowest BCUT2D eigenvalue weighted by Crippen LogP contribution is -2.36. The van der Waals surface area contributed by atoms with Crippen LogP contribution in [0.5, 0.6) is 0 Å². The molecule has 1 fully saturated rings. The minimum atomic E-state index is -0.0350. The summed E-state index contributed by atoms with van der Waals surface area (Å²) in [6.45, 7) is 4.81. The van der Waals surface area contributed by atoms with Gasteiger partial charge in [-0.15, -0.1) is 10.2 Å². The number of morpholine rings is 1. The molecule has 0 unspecified atom stereocenters. The number of halogens is 1. The smallest absolute Gasteiger partial charge is 0.230 e. The van der Waals surface area contributed by atoms with Crippen molar-refractivity contribution in [3.63, 3.8) is 0 Å². The Hall–Kier alpha value is -2.39. The summed E-state index contributed by atoms with van der Waals surface area (Å²) in [6.07, 6.45) is 0. The van der Waals surface area contributed by atoms with Gasteiger partial charge in [-0.2, -0.15) is 0 Å². The summed E-state index contributed by atoms with van der Waals surface area (Å²) in [4.78, 5) is 14.9. The van der Waals surface area contributed by atoms with Crippen molar-refractivity contribution < 1.29 is 9.53 Å². The Kier molecular flexibility index (Phi) is 7.81. The van der Waals surface area contributed by atoms with Gasteiger partial charge >= 0.3 is 0 Å². The molecule has 0 spiro atoms. The molecule has 168 valence electrons. The van der Waals surface area contributed by atoms with Gasteiger partial charge in [0.25, 0.3) is 0 Å². The molecule has 32 heavy (non-hydrogen) atoms. The Balaban J connectivity index is 1.30. The van der Waals surface area contributed by atoms with Crippen LogP contribution in [0.4, 0.5) is 0 Å². The summed E-state index contributed by atoms with van der Waals surface area (Å²) >= 11 is 7.33. The topological polar surface area (TPSA) is 72.3 Å². The van der Waals surface area contributed by atoms with Gasteiger partial charge in [-0.3, -0.25) is 9.69 Å². The number of aromatic nitrogens is 3. The quantitative estimate of drug-likeness (QED) is 0.508.